The summed E-state index contributed by atoms with van der Waals surface area (Å²) in [4.78, 5) is 11.6. The summed E-state index contributed by atoms with van der Waals surface area (Å²) in [6, 6.07) is 14.8. The fraction of sp³-hybridized carbons (Fsp3) is 0.200. The molecule has 0 fully saturated rings. The summed E-state index contributed by atoms with van der Waals surface area (Å²) >= 11 is 3.54. The molecular formula is C20H17BrFN3O. The van der Waals surface area contributed by atoms with Crippen molar-refractivity contribution in [3.8, 4) is 11.1 Å². The second-order valence-electron chi connectivity index (χ2n) is 6.40. The molecule has 0 saturated heterocycles. The molecule has 0 spiro atoms. The Labute approximate surface area is 159 Å². The molecule has 4 nitrogen and oxygen atoms in total. The molecule has 3 aromatic rings. The molecule has 0 bridgehead atoms. The van der Waals surface area contributed by atoms with E-state index in [9.17, 15) is 9.18 Å². The second kappa shape index (κ2) is 6.68. The topological polar surface area (TPSA) is 46.9 Å². The minimum atomic E-state index is -0.256. The number of amides is 1. The number of aromatic nitrogens is 2. The zero-order chi connectivity index (χ0) is 18.3. The van der Waals surface area contributed by atoms with Gasteiger partial charge in [-0.05, 0) is 33.1 Å². The van der Waals surface area contributed by atoms with Crippen LogP contribution in [0.15, 0.2) is 53.0 Å². The van der Waals surface area contributed by atoms with Gasteiger partial charge in [0.25, 0.3) is 0 Å². The third-order valence-electron chi connectivity index (χ3n) is 4.72. The van der Waals surface area contributed by atoms with E-state index in [1.165, 1.54) is 0 Å². The number of nitrogens with zero attached hydrogens (tertiary/aromatic N) is 2. The van der Waals surface area contributed by atoms with Crippen LogP contribution < -0.4 is 5.32 Å². The second-order valence-corrected chi connectivity index (χ2v) is 7.19. The van der Waals surface area contributed by atoms with E-state index >= 15 is 0 Å². The average molecular weight is 414 g/mol. The quantitative estimate of drug-likeness (QED) is 0.660. The number of halogens is 2. The van der Waals surface area contributed by atoms with Crippen LogP contribution in [-0.2, 0) is 11.3 Å². The lowest BCUT2D eigenvalue weighted by molar-refractivity contribution is -0.116. The predicted molar refractivity (Wildman–Crippen MR) is 103 cm³/mol. The monoisotopic (exact) mass is 413 g/mol. The Morgan fingerprint density at radius 3 is 2.73 bits per heavy atom. The SMILES string of the molecule is CC(c1ccc(-c2ccccc2)c(F)c1)c1nn2c(c1Br)NC(=O)CC2. The van der Waals surface area contributed by atoms with Gasteiger partial charge in [-0.25, -0.2) is 9.07 Å². The molecule has 1 unspecified atom stereocenters. The van der Waals surface area contributed by atoms with Crippen molar-refractivity contribution in [3.05, 3.63) is 70.1 Å². The van der Waals surface area contributed by atoms with Crippen LogP contribution in [0.4, 0.5) is 10.2 Å². The molecule has 2 aromatic carbocycles. The Morgan fingerprint density at radius 2 is 2.00 bits per heavy atom. The molecule has 26 heavy (non-hydrogen) atoms. The predicted octanol–water partition coefficient (Wildman–Crippen LogP) is 4.95. The smallest absolute Gasteiger partial charge is 0.227 e. The van der Waals surface area contributed by atoms with Crippen molar-refractivity contribution in [2.75, 3.05) is 5.32 Å². The highest BCUT2D eigenvalue weighted by atomic mass is 79.9. The van der Waals surface area contributed by atoms with E-state index in [1.54, 1.807) is 10.7 Å². The molecule has 1 N–H and O–H groups in total. The molecule has 6 heteroatoms. The number of carbonyl (C=O) groups is 1. The number of hydrogen-bond acceptors (Lipinski definition) is 2. The first kappa shape index (κ1) is 17.0. The fourth-order valence-electron chi connectivity index (χ4n) is 3.23. The molecule has 1 atom stereocenters. The summed E-state index contributed by atoms with van der Waals surface area (Å²) in [5, 5.41) is 7.44. The van der Waals surface area contributed by atoms with Gasteiger partial charge in [0, 0.05) is 17.9 Å². The van der Waals surface area contributed by atoms with Gasteiger partial charge in [-0.3, -0.25) is 4.79 Å². The Morgan fingerprint density at radius 1 is 1.23 bits per heavy atom. The van der Waals surface area contributed by atoms with Crippen LogP contribution >= 0.6 is 15.9 Å². The summed E-state index contributed by atoms with van der Waals surface area (Å²) in [5.41, 5.74) is 3.06. The van der Waals surface area contributed by atoms with Gasteiger partial charge in [0.15, 0.2) is 0 Å². The third-order valence-corrected chi connectivity index (χ3v) is 5.50. The minimum Gasteiger partial charge on any atom is -0.310 e. The zero-order valence-electron chi connectivity index (χ0n) is 14.2. The molecule has 2 heterocycles. The van der Waals surface area contributed by atoms with Gasteiger partial charge in [-0.1, -0.05) is 49.4 Å². The highest BCUT2D eigenvalue weighted by molar-refractivity contribution is 9.10. The third kappa shape index (κ3) is 2.94. The van der Waals surface area contributed by atoms with Gasteiger partial charge in [-0.2, -0.15) is 5.10 Å². The first-order valence-electron chi connectivity index (χ1n) is 8.45. The maximum Gasteiger partial charge on any atom is 0.227 e. The largest absolute Gasteiger partial charge is 0.310 e. The van der Waals surface area contributed by atoms with Crippen LogP contribution in [0.25, 0.3) is 11.1 Å². The van der Waals surface area contributed by atoms with Gasteiger partial charge in [0.1, 0.15) is 11.6 Å². The van der Waals surface area contributed by atoms with Crippen molar-refractivity contribution >= 4 is 27.7 Å². The van der Waals surface area contributed by atoms with Crippen molar-refractivity contribution in [1.29, 1.82) is 0 Å². The molecule has 1 aromatic heterocycles. The van der Waals surface area contributed by atoms with Crippen molar-refractivity contribution in [3.63, 3.8) is 0 Å². The molecule has 0 saturated carbocycles. The van der Waals surface area contributed by atoms with E-state index in [4.69, 9.17) is 0 Å². The molecule has 1 aliphatic rings. The van der Waals surface area contributed by atoms with Crippen molar-refractivity contribution in [2.45, 2.75) is 25.8 Å². The van der Waals surface area contributed by atoms with Crippen molar-refractivity contribution in [2.24, 2.45) is 0 Å². The van der Waals surface area contributed by atoms with Gasteiger partial charge >= 0.3 is 0 Å². The molecule has 0 aliphatic carbocycles. The highest BCUT2D eigenvalue weighted by Crippen LogP contribution is 2.37. The standard InChI is InChI=1S/C20H17BrFN3O/c1-12(19-18(21)20-23-17(26)9-10-25(20)24-19)14-7-8-15(16(22)11-14)13-5-3-2-4-6-13/h2-8,11-12H,9-10H2,1H3,(H,23,26). The molecule has 1 aliphatic heterocycles. The number of aryl methyl sites for hydroxylation is 1. The molecule has 0 radical (unpaired) electrons. The van der Waals surface area contributed by atoms with E-state index in [0.29, 0.717) is 24.3 Å². The van der Waals surface area contributed by atoms with Gasteiger partial charge in [-0.15, -0.1) is 0 Å². The number of rotatable bonds is 3. The number of benzene rings is 2. The van der Waals surface area contributed by atoms with Crippen molar-refractivity contribution in [1.82, 2.24) is 9.78 Å². The van der Waals surface area contributed by atoms with E-state index < -0.39 is 0 Å². The summed E-state index contributed by atoms with van der Waals surface area (Å²) < 4.78 is 17.2. The summed E-state index contributed by atoms with van der Waals surface area (Å²) in [6.45, 7) is 2.53. The maximum absolute atomic E-state index is 14.7. The van der Waals surface area contributed by atoms with E-state index in [0.717, 1.165) is 21.3 Å². The number of hydrogen-bond donors (Lipinski definition) is 1. The molecule has 1 amide bonds. The van der Waals surface area contributed by atoms with Crippen LogP contribution in [0.3, 0.4) is 0 Å². The Bertz CT molecular complexity index is 984. The first-order valence-corrected chi connectivity index (χ1v) is 9.25. The lowest BCUT2D eigenvalue weighted by Crippen LogP contribution is -2.23. The van der Waals surface area contributed by atoms with Gasteiger partial charge in [0.05, 0.1) is 16.7 Å². The van der Waals surface area contributed by atoms with Crippen LogP contribution in [-0.4, -0.2) is 15.7 Å². The Balaban J connectivity index is 1.68. The summed E-state index contributed by atoms with van der Waals surface area (Å²) in [6.07, 6.45) is 0.412. The lowest BCUT2D eigenvalue weighted by Gasteiger charge is -2.14. The van der Waals surface area contributed by atoms with E-state index in [1.807, 2.05) is 49.4 Å². The number of fused-ring (bicyclic) bond motifs is 1. The first-order chi connectivity index (χ1) is 12.5. The van der Waals surface area contributed by atoms with Crippen LogP contribution in [0.5, 0.6) is 0 Å². The average Bonchev–Trinajstić information content (AvgIpc) is 2.98. The normalized spacial score (nSPS) is 14.7. The van der Waals surface area contributed by atoms with E-state index in [-0.39, 0.29) is 17.6 Å². The van der Waals surface area contributed by atoms with Crippen LogP contribution in [0.1, 0.15) is 30.5 Å². The van der Waals surface area contributed by atoms with Gasteiger partial charge < -0.3 is 5.32 Å². The van der Waals surface area contributed by atoms with Crippen LogP contribution in [0.2, 0.25) is 0 Å². The fourth-order valence-corrected chi connectivity index (χ4v) is 3.96. The lowest BCUT2D eigenvalue weighted by atomic mass is 9.95. The van der Waals surface area contributed by atoms with Gasteiger partial charge in [0.2, 0.25) is 5.91 Å². The number of anilines is 1. The Hall–Kier alpha value is -2.47. The summed E-state index contributed by atoms with van der Waals surface area (Å²) in [7, 11) is 0. The van der Waals surface area contributed by atoms with E-state index in [2.05, 4.69) is 26.3 Å². The Kier molecular flexibility index (Phi) is 4.36. The molecular weight excluding hydrogens is 397 g/mol. The summed E-state index contributed by atoms with van der Waals surface area (Å²) in [5.74, 6) is 0.285. The maximum atomic E-state index is 14.7. The molecule has 132 valence electrons. The number of nitrogens with one attached hydrogen (secondary N) is 1. The van der Waals surface area contributed by atoms with Crippen LogP contribution in [0, 0.1) is 5.82 Å². The number of carbonyl (C=O) groups excluding carboxylic acids is 1. The highest BCUT2D eigenvalue weighted by Gasteiger charge is 2.26. The van der Waals surface area contributed by atoms with Crippen molar-refractivity contribution < 1.29 is 9.18 Å². The molecule has 4 rings (SSSR count). The zero-order valence-corrected chi connectivity index (χ0v) is 15.8. The minimum absolute atomic E-state index is 0.0180.